The molecule has 1 unspecified atom stereocenters. The minimum absolute atomic E-state index is 0.00751. The molecule has 0 fully saturated rings. The van der Waals surface area contributed by atoms with Crippen molar-refractivity contribution >= 4 is 17.7 Å². The molecule has 7 heteroatoms. The molecule has 2 aromatic rings. The average molecular weight is 413 g/mol. The van der Waals surface area contributed by atoms with Crippen LogP contribution in [0.5, 0.6) is 0 Å². The maximum absolute atomic E-state index is 11.6. The molecule has 0 spiro atoms. The highest BCUT2D eigenvalue weighted by Crippen LogP contribution is 2.14. The van der Waals surface area contributed by atoms with Gasteiger partial charge in [-0.3, -0.25) is 0 Å². The monoisotopic (exact) mass is 413 g/mol. The number of benzene rings is 2. The van der Waals surface area contributed by atoms with Crippen LogP contribution in [0.1, 0.15) is 28.4 Å². The van der Waals surface area contributed by atoms with Gasteiger partial charge in [-0.2, -0.15) is 0 Å². The number of nitrogens with zero attached hydrogens (tertiary/aromatic N) is 1. The lowest BCUT2D eigenvalue weighted by Gasteiger charge is -2.16. The molecule has 0 saturated heterocycles. The Hall–Kier alpha value is -3.19. The molecule has 7 nitrogen and oxygen atoms in total. The number of oxime groups is 1. The van der Waals surface area contributed by atoms with Gasteiger partial charge in [0.2, 0.25) is 0 Å². The molecule has 1 atom stereocenters. The van der Waals surface area contributed by atoms with Crippen molar-refractivity contribution in [1.29, 1.82) is 0 Å². The lowest BCUT2D eigenvalue weighted by atomic mass is 10.00. The van der Waals surface area contributed by atoms with Crippen molar-refractivity contribution in [1.82, 2.24) is 0 Å². The van der Waals surface area contributed by atoms with E-state index < -0.39 is 5.97 Å². The van der Waals surface area contributed by atoms with Crippen LogP contribution in [0.15, 0.2) is 59.8 Å². The number of hydrogen-bond donors (Lipinski definition) is 0. The molecule has 2 rings (SSSR count). The first-order chi connectivity index (χ1) is 14.5. The van der Waals surface area contributed by atoms with Crippen molar-refractivity contribution in [3.05, 3.63) is 71.3 Å². The zero-order valence-corrected chi connectivity index (χ0v) is 17.5. The Morgan fingerprint density at radius 2 is 1.60 bits per heavy atom. The molecule has 0 aromatic heterocycles. The predicted molar refractivity (Wildman–Crippen MR) is 112 cm³/mol. The highest BCUT2D eigenvalue weighted by atomic mass is 16.6. The second kappa shape index (κ2) is 12.4. The molecule has 0 aliphatic rings. The van der Waals surface area contributed by atoms with Crippen molar-refractivity contribution in [3.8, 4) is 0 Å². The first kappa shape index (κ1) is 23.1. The summed E-state index contributed by atoms with van der Waals surface area (Å²) in [5.41, 5.74) is 2.74. The van der Waals surface area contributed by atoms with Gasteiger partial charge in [-0.1, -0.05) is 47.6 Å². The third-order valence-corrected chi connectivity index (χ3v) is 4.36. The highest BCUT2D eigenvalue weighted by Gasteiger charge is 2.14. The molecule has 0 aliphatic carbocycles. The average Bonchev–Trinajstić information content (AvgIpc) is 2.78. The van der Waals surface area contributed by atoms with Crippen LogP contribution in [-0.2, 0) is 36.9 Å². The van der Waals surface area contributed by atoms with Crippen molar-refractivity contribution in [3.63, 3.8) is 0 Å². The lowest BCUT2D eigenvalue weighted by molar-refractivity contribution is -0.133. The molecule has 0 N–H and O–H groups in total. The van der Waals surface area contributed by atoms with E-state index in [0.29, 0.717) is 25.2 Å². The SMILES string of the molecule is COC(=O)/C(C)=N/OCC(COCc1ccccc1)Cc1ccc(C(=O)OC)cc1. The Morgan fingerprint density at radius 1 is 0.900 bits per heavy atom. The first-order valence-electron chi connectivity index (χ1n) is 9.57. The molecular formula is C23H27NO6. The quantitative estimate of drug-likeness (QED) is 0.319. The van der Waals surface area contributed by atoms with Crippen molar-refractivity contribution < 1.29 is 28.6 Å². The Morgan fingerprint density at radius 3 is 2.23 bits per heavy atom. The molecule has 30 heavy (non-hydrogen) atoms. The van der Waals surface area contributed by atoms with Crippen LogP contribution in [-0.4, -0.2) is 45.1 Å². The van der Waals surface area contributed by atoms with Crippen LogP contribution in [0.3, 0.4) is 0 Å². The third kappa shape index (κ3) is 7.67. The van der Waals surface area contributed by atoms with E-state index in [1.54, 1.807) is 12.1 Å². The van der Waals surface area contributed by atoms with E-state index in [1.807, 2.05) is 42.5 Å². The normalized spacial score (nSPS) is 12.2. The second-order valence-corrected chi connectivity index (χ2v) is 6.72. The lowest BCUT2D eigenvalue weighted by Crippen LogP contribution is -2.19. The Balaban J connectivity index is 1.98. The van der Waals surface area contributed by atoms with Gasteiger partial charge < -0.3 is 19.0 Å². The van der Waals surface area contributed by atoms with Crippen molar-refractivity contribution in [2.45, 2.75) is 20.0 Å². The minimum atomic E-state index is -0.537. The van der Waals surface area contributed by atoms with Crippen LogP contribution in [0.25, 0.3) is 0 Å². The smallest absolute Gasteiger partial charge is 0.355 e. The summed E-state index contributed by atoms with van der Waals surface area (Å²) in [5.74, 6) is -0.919. The zero-order valence-electron chi connectivity index (χ0n) is 17.5. The topological polar surface area (TPSA) is 83.4 Å². The van der Waals surface area contributed by atoms with E-state index in [4.69, 9.17) is 14.3 Å². The number of ether oxygens (including phenoxy) is 3. The summed E-state index contributed by atoms with van der Waals surface area (Å²) < 4.78 is 15.2. The summed E-state index contributed by atoms with van der Waals surface area (Å²) >= 11 is 0. The molecule has 0 bridgehead atoms. The summed E-state index contributed by atoms with van der Waals surface area (Å²) in [6, 6.07) is 17.1. The molecule has 0 heterocycles. The molecule has 160 valence electrons. The minimum Gasteiger partial charge on any atom is -0.465 e. The van der Waals surface area contributed by atoms with Crippen LogP contribution < -0.4 is 0 Å². The molecule has 0 amide bonds. The Bertz CT molecular complexity index is 833. The number of rotatable bonds is 11. The van der Waals surface area contributed by atoms with Gasteiger partial charge in [0.05, 0.1) is 33.0 Å². The standard InChI is InChI=1S/C23H27NO6/c1-17(22(25)27-2)24-30-16-20(15-29-14-19-7-5-4-6-8-19)13-18-9-11-21(12-10-18)23(26)28-3/h4-12,20H,13-16H2,1-3H3/b24-17+. The summed E-state index contributed by atoms with van der Waals surface area (Å²) in [5, 5.41) is 3.82. The van der Waals surface area contributed by atoms with Crippen molar-refractivity contribution in [2.75, 3.05) is 27.4 Å². The zero-order chi connectivity index (χ0) is 21.8. The third-order valence-electron chi connectivity index (χ3n) is 4.36. The first-order valence-corrected chi connectivity index (χ1v) is 9.57. The van der Waals surface area contributed by atoms with Crippen LogP contribution in [0.4, 0.5) is 0 Å². The Labute approximate surface area is 176 Å². The summed E-state index contributed by atoms with van der Waals surface area (Å²) in [4.78, 5) is 28.4. The summed E-state index contributed by atoms with van der Waals surface area (Å²) in [6.07, 6.45) is 0.656. The van der Waals surface area contributed by atoms with Crippen LogP contribution >= 0.6 is 0 Å². The second-order valence-electron chi connectivity index (χ2n) is 6.72. The molecular weight excluding hydrogens is 386 g/mol. The number of esters is 2. The molecule has 0 radical (unpaired) electrons. The summed E-state index contributed by atoms with van der Waals surface area (Å²) in [7, 11) is 2.64. The number of carbonyl (C=O) groups excluding carboxylic acids is 2. The molecule has 2 aromatic carbocycles. The van der Waals surface area contributed by atoms with Gasteiger partial charge >= 0.3 is 11.9 Å². The molecule has 0 saturated carbocycles. The van der Waals surface area contributed by atoms with Gasteiger partial charge in [-0.25, -0.2) is 9.59 Å². The number of hydrogen-bond acceptors (Lipinski definition) is 7. The largest absolute Gasteiger partial charge is 0.465 e. The van der Waals surface area contributed by atoms with Crippen LogP contribution in [0.2, 0.25) is 0 Å². The number of carbonyl (C=O) groups is 2. The van der Waals surface area contributed by atoms with E-state index in [-0.39, 0.29) is 24.2 Å². The van der Waals surface area contributed by atoms with E-state index in [1.165, 1.54) is 21.1 Å². The van der Waals surface area contributed by atoms with Gasteiger partial charge in [-0.05, 0) is 36.6 Å². The Kier molecular flexibility index (Phi) is 9.54. The van der Waals surface area contributed by atoms with Gasteiger partial charge in [0.1, 0.15) is 6.61 Å². The number of methoxy groups -OCH3 is 2. The van der Waals surface area contributed by atoms with E-state index >= 15 is 0 Å². The van der Waals surface area contributed by atoms with Crippen molar-refractivity contribution in [2.24, 2.45) is 11.1 Å². The van der Waals surface area contributed by atoms with E-state index in [9.17, 15) is 9.59 Å². The van der Waals surface area contributed by atoms with Gasteiger partial charge in [0.15, 0.2) is 5.71 Å². The van der Waals surface area contributed by atoms with E-state index in [2.05, 4.69) is 9.89 Å². The summed E-state index contributed by atoms with van der Waals surface area (Å²) in [6.45, 7) is 2.73. The van der Waals surface area contributed by atoms with Gasteiger partial charge in [-0.15, -0.1) is 0 Å². The van der Waals surface area contributed by atoms with E-state index in [0.717, 1.165) is 11.1 Å². The fraction of sp³-hybridized carbons (Fsp3) is 0.348. The maximum atomic E-state index is 11.6. The molecule has 0 aliphatic heterocycles. The fourth-order valence-electron chi connectivity index (χ4n) is 2.74. The van der Waals surface area contributed by atoms with Gasteiger partial charge in [0, 0.05) is 5.92 Å². The fourth-order valence-corrected chi connectivity index (χ4v) is 2.74. The van der Waals surface area contributed by atoms with Crippen LogP contribution in [0, 0.1) is 5.92 Å². The maximum Gasteiger partial charge on any atom is 0.355 e. The predicted octanol–water partition coefficient (Wildman–Crippen LogP) is 3.41. The highest BCUT2D eigenvalue weighted by molar-refractivity contribution is 6.35. The van der Waals surface area contributed by atoms with Gasteiger partial charge in [0.25, 0.3) is 0 Å².